The SMILES string of the molecule is COc1cccc(OC)c1-n1c(NS(=O)(=O)C(C)C(OC)c2ncc(C)cn2)nnc1[C@@H]1COc2ccccc21. The molecule has 0 bridgehead atoms. The molecule has 12 nitrogen and oxygen atoms in total. The number of ether oxygens (including phenoxy) is 4. The van der Waals surface area contributed by atoms with Gasteiger partial charge in [0, 0.05) is 25.1 Å². The Balaban J connectivity index is 1.61. The molecule has 0 amide bonds. The van der Waals surface area contributed by atoms with Crippen molar-refractivity contribution in [3.8, 4) is 22.9 Å². The molecule has 1 aliphatic rings. The van der Waals surface area contributed by atoms with Crippen LogP contribution in [0.3, 0.4) is 0 Å². The van der Waals surface area contributed by atoms with Crippen molar-refractivity contribution in [2.75, 3.05) is 32.7 Å². The molecule has 0 aliphatic carbocycles. The topological polar surface area (TPSA) is 140 Å². The highest BCUT2D eigenvalue weighted by Crippen LogP contribution is 2.42. The number of nitrogens with one attached hydrogen (secondary N) is 1. The molecule has 0 fully saturated rings. The summed E-state index contributed by atoms with van der Waals surface area (Å²) >= 11 is 0. The van der Waals surface area contributed by atoms with Gasteiger partial charge < -0.3 is 18.9 Å². The zero-order valence-electron chi connectivity index (χ0n) is 22.7. The van der Waals surface area contributed by atoms with Gasteiger partial charge in [0.05, 0.1) is 20.1 Å². The molecule has 2 aromatic carbocycles. The summed E-state index contributed by atoms with van der Waals surface area (Å²) in [6.45, 7) is 3.67. The molecule has 4 aromatic rings. The van der Waals surface area contributed by atoms with Crippen molar-refractivity contribution in [3.63, 3.8) is 0 Å². The number of sulfonamides is 1. The second-order valence-electron chi connectivity index (χ2n) is 9.26. The number of hydrogen-bond donors (Lipinski definition) is 1. The fraction of sp³-hybridized carbons (Fsp3) is 0.333. The quantitative estimate of drug-likeness (QED) is 0.304. The highest BCUT2D eigenvalue weighted by Gasteiger charge is 2.37. The molecule has 2 unspecified atom stereocenters. The van der Waals surface area contributed by atoms with Crippen molar-refractivity contribution in [2.24, 2.45) is 0 Å². The molecule has 0 saturated carbocycles. The average molecular weight is 567 g/mol. The molecule has 1 N–H and O–H groups in total. The number of benzene rings is 2. The molecule has 0 radical (unpaired) electrons. The van der Waals surface area contributed by atoms with Crippen molar-refractivity contribution in [3.05, 3.63) is 77.6 Å². The third-order valence-corrected chi connectivity index (χ3v) is 8.48. The maximum Gasteiger partial charge on any atom is 0.243 e. The molecular formula is C27H30N6O6S. The van der Waals surface area contributed by atoms with Gasteiger partial charge in [-0.2, -0.15) is 0 Å². The van der Waals surface area contributed by atoms with Crippen LogP contribution in [0.1, 0.15) is 41.7 Å². The van der Waals surface area contributed by atoms with Crippen LogP contribution in [0.5, 0.6) is 17.2 Å². The summed E-state index contributed by atoms with van der Waals surface area (Å²) in [6.07, 6.45) is 2.28. The minimum absolute atomic E-state index is 0.0475. The van der Waals surface area contributed by atoms with E-state index in [4.69, 9.17) is 18.9 Å². The highest BCUT2D eigenvalue weighted by molar-refractivity contribution is 7.93. The molecule has 3 heterocycles. The largest absolute Gasteiger partial charge is 0.494 e. The second-order valence-corrected chi connectivity index (χ2v) is 11.3. The van der Waals surface area contributed by atoms with Crippen molar-refractivity contribution in [2.45, 2.75) is 31.1 Å². The lowest BCUT2D eigenvalue weighted by Gasteiger charge is -2.23. The smallest absolute Gasteiger partial charge is 0.243 e. The minimum Gasteiger partial charge on any atom is -0.494 e. The third-order valence-electron chi connectivity index (χ3n) is 6.78. The number of nitrogens with zero attached hydrogens (tertiary/aromatic N) is 5. The van der Waals surface area contributed by atoms with Gasteiger partial charge in [0.1, 0.15) is 40.9 Å². The van der Waals surface area contributed by atoms with E-state index in [1.165, 1.54) is 28.3 Å². The first-order valence-electron chi connectivity index (χ1n) is 12.5. The van der Waals surface area contributed by atoms with E-state index in [0.29, 0.717) is 29.6 Å². The van der Waals surface area contributed by atoms with Gasteiger partial charge in [0.15, 0.2) is 11.6 Å². The molecule has 210 valence electrons. The normalized spacial score (nSPS) is 16.1. The standard InChI is InChI=1S/C27H30N6O6S/c1-16-13-28-25(29-14-16)24(38-5)17(2)40(34,35)32-27-31-30-26(19-15-39-20-10-7-6-9-18(19)20)33(27)23-21(36-3)11-8-12-22(23)37-4/h6-14,17,19,24H,15H2,1-5H3,(H,31,32)/t17?,19-,24?/m1/s1. The maximum atomic E-state index is 13.7. The Kier molecular flexibility index (Phi) is 7.59. The molecule has 0 saturated heterocycles. The Morgan fingerprint density at radius 2 is 1.68 bits per heavy atom. The molecule has 40 heavy (non-hydrogen) atoms. The Labute approximate surface area is 232 Å². The Bertz CT molecular complexity index is 1590. The molecule has 0 spiro atoms. The fourth-order valence-corrected chi connectivity index (χ4v) is 5.81. The zero-order chi connectivity index (χ0) is 28.4. The van der Waals surface area contributed by atoms with E-state index in [9.17, 15) is 8.42 Å². The molecular weight excluding hydrogens is 536 g/mol. The van der Waals surface area contributed by atoms with E-state index in [1.54, 1.807) is 35.2 Å². The van der Waals surface area contributed by atoms with E-state index in [-0.39, 0.29) is 17.7 Å². The van der Waals surface area contributed by atoms with Gasteiger partial charge in [-0.3, -0.25) is 9.29 Å². The molecule has 3 atom stereocenters. The number of methoxy groups -OCH3 is 3. The monoisotopic (exact) mass is 566 g/mol. The van der Waals surface area contributed by atoms with E-state index in [0.717, 1.165) is 16.9 Å². The first-order valence-corrected chi connectivity index (χ1v) is 14.0. The molecule has 5 rings (SSSR count). The van der Waals surface area contributed by atoms with E-state index < -0.39 is 21.4 Å². The van der Waals surface area contributed by atoms with Gasteiger partial charge in [-0.25, -0.2) is 18.4 Å². The van der Waals surface area contributed by atoms with Crippen LogP contribution in [0.15, 0.2) is 54.9 Å². The average Bonchev–Trinajstić information content (AvgIpc) is 3.57. The number of fused-ring (bicyclic) bond motifs is 1. The lowest BCUT2D eigenvalue weighted by molar-refractivity contribution is 0.0949. The minimum atomic E-state index is -4.11. The summed E-state index contributed by atoms with van der Waals surface area (Å²) in [5.74, 6) is 1.91. The van der Waals surface area contributed by atoms with Crippen LogP contribution in [-0.4, -0.2) is 66.3 Å². The summed E-state index contributed by atoms with van der Waals surface area (Å²) in [7, 11) is 0.342. The number of hydrogen-bond acceptors (Lipinski definition) is 10. The molecule has 2 aromatic heterocycles. The van der Waals surface area contributed by atoms with Crippen LogP contribution in [0, 0.1) is 6.92 Å². The van der Waals surface area contributed by atoms with Gasteiger partial charge in [0.25, 0.3) is 0 Å². The van der Waals surface area contributed by atoms with Crippen molar-refractivity contribution >= 4 is 16.0 Å². The number of aromatic nitrogens is 5. The summed E-state index contributed by atoms with van der Waals surface area (Å²) < 4.78 is 54.5. The van der Waals surface area contributed by atoms with E-state index in [1.807, 2.05) is 31.2 Å². The van der Waals surface area contributed by atoms with Gasteiger partial charge >= 0.3 is 0 Å². The Hall–Kier alpha value is -4.23. The summed E-state index contributed by atoms with van der Waals surface area (Å²) in [6, 6.07) is 12.9. The molecule has 1 aliphatic heterocycles. The van der Waals surface area contributed by atoms with Crippen molar-refractivity contribution in [1.29, 1.82) is 0 Å². The van der Waals surface area contributed by atoms with Crippen LogP contribution < -0.4 is 18.9 Å². The predicted molar refractivity (Wildman–Crippen MR) is 147 cm³/mol. The first kappa shape index (κ1) is 27.3. The van der Waals surface area contributed by atoms with Crippen molar-refractivity contribution < 1.29 is 27.4 Å². The second kappa shape index (κ2) is 11.1. The van der Waals surface area contributed by atoms with Crippen LogP contribution in [-0.2, 0) is 14.8 Å². The van der Waals surface area contributed by atoms with Crippen LogP contribution >= 0.6 is 0 Å². The van der Waals surface area contributed by atoms with E-state index in [2.05, 4.69) is 24.9 Å². The van der Waals surface area contributed by atoms with Crippen LogP contribution in [0.25, 0.3) is 5.69 Å². The predicted octanol–water partition coefficient (Wildman–Crippen LogP) is 3.43. The number of aryl methyl sites for hydroxylation is 1. The summed E-state index contributed by atoms with van der Waals surface area (Å²) in [5, 5.41) is 7.63. The first-order chi connectivity index (χ1) is 19.3. The maximum absolute atomic E-state index is 13.7. The van der Waals surface area contributed by atoms with Crippen LogP contribution in [0.2, 0.25) is 0 Å². The van der Waals surface area contributed by atoms with E-state index >= 15 is 0 Å². The van der Waals surface area contributed by atoms with Gasteiger partial charge in [0.2, 0.25) is 16.0 Å². The van der Waals surface area contributed by atoms with Gasteiger partial charge in [-0.1, -0.05) is 24.3 Å². The Morgan fingerprint density at radius 1 is 1.00 bits per heavy atom. The lowest BCUT2D eigenvalue weighted by atomic mass is 10.0. The van der Waals surface area contributed by atoms with Crippen LogP contribution in [0.4, 0.5) is 5.95 Å². The lowest BCUT2D eigenvalue weighted by Crippen LogP contribution is -2.33. The van der Waals surface area contributed by atoms with Gasteiger partial charge in [-0.05, 0) is 37.6 Å². The molecule has 13 heteroatoms. The number of anilines is 1. The highest BCUT2D eigenvalue weighted by atomic mass is 32.2. The van der Waals surface area contributed by atoms with Crippen molar-refractivity contribution in [1.82, 2.24) is 24.7 Å². The summed E-state index contributed by atoms with van der Waals surface area (Å²) in [4.78, 5) is 8.54. The van der Waals surface area contributed by atoms with Gasteiger partial charge in [-0.15, -0.1) is 10.2 Å². The third kappa shape index (κ3) is 4.93. The fourth-order valence-electron chi connectivity index (χ4n) is 4.68. The number of rotatable bonds is 10. The zero-order valence-corrected chi connectivity index (χ0v) is 23.5. The summed E-state index contributed by atoms with van der Waals surface area (Å²) in [5.41, 5.74) is 2.19. The Morgan fingerprint density at radius 3 is 2.33 bits per heavy atom. The number of para-hydroxylation sites is 2.